The number of hydrogen-bond acceptors (Lipinski definition) is 4. The van der Waals surface area contributed by atoms with E-state index in [1.54, 1.807) is 14.2 Å². The van der Waals surface area contributed by atoms with Crippen LogP contribution in [-0.4, -0.2) is 31.9 Å². The van der Waals surface area contributed by atoms with Crippen molar-refractivity contribution >= 4 is 12.1 Å². The van der Waals surface area contributed by atoms with Crippen molar-refractivity contribution in [1.82, 2.24) is 21.3 Å². The predicted molar refractivity (Wildman–Crippen MR) is 118 cm³/mol. The lowest BCUT2D eigenvalue weighted by Gasteiger charge is -2.59. The van der Waals surface area contributed by atoms with Crippen molar-refractivity contribution in [3.05, 3.63) is 59.7 Å². The molecule has 2 heterocycles. The molecule has 3 fully saturated rings. The minimum absolute atomic E-state index is 0.000793. The van der Waals surface area contributed by atoms with E-state index >= 15 is 0 Å². The standard InChI is InChI=1S/C24H28N4O4/c1-31-16-10-6-14(7-11-16)20-18-4-3-5-19-21(15-8-12-17(32-2)13-9-15)26-23(30)28-24(18,19)27-22(29)25-20/h6-13,18-21H,3-5H2,1-2H3,(H2,25,27,29)(H2,26,28,30)/t18-,19+,20-,21+,24?. The number of carbonyl (C=O) groups excluding carboxylic acids is 2. The summed E-state index contributed by atoms with van der Waals surface area (Å²) in [5, 5.41) is 12.5. The fourth-order valence-electron chi connectivity index (χ4n) is 5.73. The van der Waals surface area contributed by atoms with Crippen LogP contribution in [-0.2, 0) is 0 Å². The average molecular weight is 437 g/mol. The molecule has 8 nitrogen and oxygen atoms in total. The van der Waals surface area contributed by atoms with E-state index in [-0.39, 0.29) is 36.0 Å². The van der Waals surface area contributed by atoms with Gasteiger partial charge in [0, 0.05) is 11.8 Å². The summed E-state index contributed by atoms with van der Waals surface area (Å²) in [6.45, 7) is 0. The number of ether oxygens (including phenoxy) is 2. The van der Waals surface area contributed by atoms with Crippen LogP contribution in [0, 0.1) is 11.8 Å². The highest BCUT2D eigenvalue weighted by molar-refractivity contribution is 5.81. The van der Waals surface area contributed by atoms with Crippen LogP contribution in [0.4, 0.5) is 9.59 Å². The van der Waals surface area contributed by atoms with Crippen LogP contribution < -0.4 is 30.7 Å². The molecule has 1 saturated carbocycles. The van der Waals surface area contributed by atoms with Gasteiger partial charge in [0.15, 0.2) is 0 Å². The van der Waals surface area contributed by atoms with Crippen LogP contribution in [0.25, 0.3) is 0 Å². The van der Waals surface area contributed by atoms with E-state index in [4.69, 9.17) is 9.47 Å². The molecule has 8 heteroatoms. The van der Waals surface area contributed by atoms with Crippen LogP contribution in [0.2, 0.25) is 0 Å². The molecular weight excluding hydrogens is 408 g/mol. The molecule has 3 aliphatic rings. The Hall–Kier alpha value is -3.42. The van der Waals surface area contributed by atoms with E-state index in [2.05, 4.69) is 21.3 Å². The molecule has 1 spiro atoms. The minimum Gasteiger partial charge on any atom is -0.497 e. The summed E-state index contributed by atoms with van der Waals surface area (Å²) in [7, 11) is 3.26. The molecule has 2 aliphatic heterocycles. The fourth-order valence-corrected chi connectivity index (χ4v) is 5.73. The molecule has 1 unspecified atom stereocenters. The average Bonchev–Trinajstić information content (AvgIpc) is 2.82. The summed E-state index contributed by atoms with van der Waals surface area (Å²) in [5.41, 5.74) is 1.16. The summed E-state index contributed by atoms with van der Waals surface area (Å²) in [5.74, 6) is 1.53. The smallest absolute Gasteiger partial charge is 0.317 e. The topological polar surface area (TPSA) is 101 Å². The van der Waals surface area contributed by atoms with Crippen LogP contribution in [0.1, 0.15) is 42.5 Å². The van der Waals surface area contributed by atoms with Crippen LogP contribution in [0.15, 0.2) is 48.5 Å². The van der Waals surface area contributed by atoms with E-state index < -0.39 is 5.66 Å². The number of rotatable bonds is 4. The van der Waals surface area contributed by atoms with Gasteiger partial charge in [0.05, 0.1) is 26.3 Å². The molecule has 5 rings (SSSR count). The second-order valence-electron chi connectivity index (χ2n) is 8.71. The molecule has 0 bridgehead atoms. The minimum atomic E-state index is -0.835. The van der Waals surface area contributed by atoms with Crippen LogP contribution >= 0.6 is 0 Å². The number of amides is 4. The van der Waals surface area contributed by atoms with Crippen molar-refractivity contribution in [3.8, 4) is 11.5 Å². The number of hydrogen-bond donors (Lipinski definition) is 4. The van der Waals surface area contributed by atoms with Gasteiger partial charge in [0.2, 0.25) is 0 Å². The molecule has 1 aliphatic carbocycles. The van der Waals surface area contributed by atoms with Crippen LogP contribution in [0.3, 0.4) is 0 Å². The van der Waals surface area contributed by atoms with Crippen LogP contribution in [0.5, 0.6) is 11.5 Å². The lowest BCUT2D eigenvalue weighted by molar-refractivity contribution is -0.0123. The van der Waals surface area contributed by atoms with Gasteiger partial charge in [0.1, 0.15) is 17.2 Å². The Morgan fingerprint density at radius 3 is 1.50 bits per heavy atom. The van der Waals surface area contributed by atoms with Crippen molar-refractivity contribution in [2.24, 2.45) is 11.8 Å². The van der Waals surface area contributed by atoms with Crippen molar-refractivity contribution in [3.63, 3.8) is 0 Å². The largest absolute Gasteiger partial charge is 0.497 e. The Bertz CT molecular complexity index is 926. The lowest BCUT2D eigenvalue weighted by atomic mass is 9.62. The number of urea groups is 2. The maximum Gasteiger partial charge on any atom is 0.317 e. The van der Waals surface area contributed by atoms with Crippen molar-refractivity contribution in [1.29, 1.82) is 0 Å². The van der Waals surface area contributed by atoms with Gasteiger partial charge in [-0.2, -0.15) is 0 Å². The van der Waals surface area contributed by atoms with Gasteiger partial charge in [-0.3, -0.25) is 0 Å². The monoisotopic (exact) mass is 436 g/mol. The number of methoxy groups -OCH3 is 2. The molecule has 2 aromatic rings. The number of nitrogens with one attached hydrogen (secondary N) is 4. The Balaban J connectivity index is 1.54. The van der Waals surface area contributed by atoms with Gasteiger partial charge in [-0.05, 0) is 48.2 Å². The summed E-state index contributed by atoms with van der Waals surface area (Å²) < 4.78 is 10.6. The maximum atomic E-state index is 12.9. The van der Waals surface area contributed by atoms with E-state index in [9.17, 15) is 9.59 Å². The molecule has 4 N–H and O–H groups in total. The van der Waals surface area contributed by atoms with Gasteiger partial charge in [-0.1, -0.05) is 30.7 Å². The van der Waals surface area contributed by atoms with E-state index in [1.807, 2.05) is 48.5 Å². The third-order valence-corrected chi connectivity index (χ3v) is 7.17. The molecule has 0 aromatic heterocycles. The van der Waals surface area contributed by atoms with Gasteiger partial charge in [-0.15, -0.1) is 0 Å². The van der Waals surface area contributed by atoms with E-state index in [0.717, 1.165) is 41.9 Å². The zero-order chi connectivity index (χ0) is 22.3. The second kappa shape index (κ2) is 7.93. The van der Waals surface area contributed by atoms with Crippen molar-refractivity contribution in [2.75, 3.05) is 14.2 Å². The molecule has 2 aromatic carbocycles. The first-order valence-electron chi connectivity index (χ1n) is 11.0. The zero-order valence-electron chi connectivity index (χ0n) is 18.2. The molecule has 2 saturated heterocycles. The van der Waals surface area contributed by atoms with Gasteiger partial charge < -0.3 is 30.7 Å². The van der Waals surface area contributed by atoms with Crippen molar-refractivity contribution in [2.45, 2.75) is 37.0 Å². The molecule has 32 heavy (non-hydrogen) atoms. The molecule has 0 radical (unpaired) electrons. The van der Waals surface area contributed by atoms with E-state index in [0.29, 0.717) is 0 Å². The normalized spacial score (nSPS) is 31.1. The Kier molecular flexibility index (Phi) is 5.07. The highest BCUT2D eigenvalue weighted by Crippen LogP contribution is 2.50. The first-order chi connectivity index (χ1) is 15.5. The maximum absolute atomic E-state index is 12.9. The van der Waals surface area contributed by atoms with Gasteiger partial charge >= 0.3 is 12.1 Å². The zero-order valence-corrected chi connectivity index (χ0v) is 18.2. The lowest BCUT2D eigenvalue weighted by Crippen LogP contribution is -2.80. The van der Waals surface area contributed by atoms with Gasteiger partial charge in [0.25, 0.3) is 0 Å². The second-order valence-corrected chi connectivity index (χ2v) is 8.71. The first-order valence-corrected chi connectivity index (χ1v) is 11.0. The first kappa shape index (κ1) is 20.5. The number of benzene rings is 2. The quantitative estimate of drug-likeness (QED) is 0.591. The van der Waals surface area contributed by atoms with Crippen molar-refractivity contribution < 1.29 is 19.1 Å². The summed E-state index contributed by atoms with van der Waals surface area (Å²) >= 11 is 0. The highest BCUT2D eigenvalue weighted by Gasteiger charge is 2.60. The molecule has 5 atom stereocenters. The molecule has 168 valence electrons. The van der Waals surface area contributed by atoms with E-state index in [1.165, 1.54) is 0 Å². The number of carbonyl (C=O) groups is 2. The summed E-state index contributed by atoms with van der Waals surface area (Å²) in [6, 6.07) is 14.6. The predicted octanol–water partition coefficient (Wildman–Crippen LogP) is 3.22. The third kappa shape index (κ3) is 3.30. The fraction of sp³-hybridized carbons (Fsp3) is 0.417. The Morgan fingerprint density at radius 2 is 1.12 bits per heavy atom. The summed E-state index contributed by atoms with van der Waals surface area (Å²) in [4.78, 5) is 25.7. The summed E-state index contributed by atoms with van der Waals surface area (Å²) in [6.07, 6.45) is 2.78. The van der Waals surface area contributed by atoms with Gasteiger partial charge in [-0.25, -0.2) is 9.59 Å². The molecule has 4 amide bonds. The SMILES string of the molecule is COc1ccc([C@H]2NC(=O)NC34NC(=O)N[C@@H](c5ccc(OC)cc5)[C@@H]3CCC[C@H]24)cc1. The highest BCUT2D eigenvalue weighted by atomic mass is 16.5. The Morgan fingerprint density at radius 1 is 0.719 bits per heavy atom. The third-order valence-electron chi connectivity index (χ3n) is 7.17. The Labute approximate surface area is 187 Å². The molecular formula is C24H28N4O4.